The number of alkyl halides is 3. The summed E-state index contributed by atoms with van der Waals surface area (Å²) in [5, 5.41) is 2.89. The van der Waals surface area contributed by atoms with E-state index >= 15 is 0 Å². The molecule has 0 aliphatic heterocycles. The lowest BCUT2D eigenvalue weighted by molar-refractivity contribution is -0.137. The van der Waals surface area contributed by atoms with Crippen LogP contribution in [0.5, 0.6) is 0 Å². The van der Waals surface area contributed by atoms with Crippen LogP contribution in [0.15, 0.2) is 36.9 Å². The molecule has 1 nitrogen and oxygen atoms in total. The van der Waals surface area contributed by atoms with Crippen LogP contribution >= 0.6 is 0 Å². The van der Waals surface area contributed by atoms with Crippen LogP contribution in [0.2, 0.25) is 0 Å². The quantitative estimate of drug-likeness (QED) is 0.596. The van der Waals surface area contributed by atoms with Crippen molar-refractivity contribution in [2.24, 2.45) is 0 Å². The highest BCUT2D eigenvalue weighted by molar-refractivity contribution is 5.46. The summed E-state index contributed by atoms with van der Waals surface area (Å²) in [6.45, 7) is 4.12. The van der Waals surface area contributed by atoms with Crippen molar-refractivity contribution in [3.63, 3.8) is 0 Å². The lowest BCUT2D eigenvalue weighted by atomic mass is 10.2. The standard InChI is InChI=1S/C11H12F3N/c1-2-3-7-15-10-6-4-5-9(8-10)11(12,13)14/h2,4-6,8,15H,1,3,7H2. The molecule has 0 aliphatic rings. The molecule has 0 heterocycles. The van der Waals surface area contributed by atoms with E-state index in [4.69, 9.17) is 0 Å². The van der Waals surface area contributed by atoms with E-state index in [1.54, 1.807) is 12.1 Å². The predicted molar refractivity (Wildman–Crippen MR) is 54.7 cm³/mol. The number of nitrogens with one attached hydrogen (secondary N) is 1. The maximum Gasteiger partial charge on any atom is 0.416 e. The Kier molecular flexibility index (Phi) is 3.77. The molecule has 1 N–H and O–H groups in total. The average Bonchev–Trinajstić information content (AvgIpc) is 2.17. The summed E-state index contributed by atoms with van der Waals surface area (Å²) < 4.78 is 36.9. The highest BCUT2D eigenvalue weighted by Gasteiger charge is 2.30. The van der Waals surface area contributed by atoms with Gasteiger partial charge in [0.1, 0.15) is 0 Å². The van der Waals surface area contributed by atoms with Gasteiger partial charge in [-0.3, -0.25) is 0 Å². The Labute approximate surface area is 86.6 Å². The van der Waals surface area contributed by atoms with Gasteiger partial charge in [0.25, 0.3) is 0 Å². The normalized spacial score (nSPS) is 11.1. The SMILES string of the molecule is C=CCCNc1cccc(C(F)(F)F)c1. The highest BCUT2D eigenvalue weighted by Crippen LogP contribution is 2.30. The summed E-state index contributed by atoms with van der Waals surface area (Å²) in [6.07, 6.45) is -1.85. The third-order valence-corrected chi connectivity index (χ3v) is 1.87. The number of hydrogen-bond acceptors (Lipinski definition) is 1. The zero-order valence-corrected chi connectivity index (χ0v) is 8.14. The third kappa shape index (κ3) is 3.65. The first kappa shape index (κ1) is 11.6. The molecule has 1 aromatic rings. The van der Waals surface area contributed by atoms with Crippen LogP contribution < -0.4 is 5.32 Å². The molecule has 0 atom stereocenters. The number of benzene rings is 1. The fourth-order valence-electron chi connectivity index (χ4n) is 1.12. The second kappa shape index (κ2) is 4.87. The van der Waals surface area contributed by atoms with Crippen molar-refractivity contribution in [2.45, 2.75) is 12.6 Å². The second-order valence-corrected chi connectivity index (χ2v) is 3.08. The van der Waals surface area contributed by atoms with E-state index in [1.807, 2.05) is 0 Å². The maximum atomic E-state index is 12.3. The Balaban J connectivity index is 2.70. The zero-order chi connectivity index (χ0) is 11.3. The van der Waals surface area contributed by atoms with Gasteiger partial charge in [0.15, 0.2) is 0 Å². The third-order valence-electron chi connectivity index (χ3n) is 1.87. The molecule has 0 aromatic heterocycles. The summed E-state index contributed by atoms with van der Waals surface area (Å²) >= 11 is 0. The summed E-state index contributed by atoms with van der Waals surface area (Å²) in [5.74, 6) is 0. The molecule has 0 aliphatic carbocycles. The molecule has 0 saturated heterocycles. The van der Waals surface area contributed by atoms with Gasteiger partial charge in [0, 0.05) is 12.2 Å². The Bertz CT molecular complexity index is 331. The van der Waals surface area contributed by atoms with E-state index in [-0.39, 0.29) is 0 Å². The average molecular weight is 215 g/mol. The first-order valence-corrected chi connectivity index (χ1v) is 4.56. The lowest BCUT2D eigenvalue weighted by Gasteiger charge is -2.09. The van der Waals surface area contributed by atoms with Crippen LogP contribution in [-0.2, 0) is 6.18 Å². The van der Waals surface area contributed by atoms with E-state index in [9.17, 15) is 13.2 Å². The smallest absolute Gasteiger partial charge is 0.385 e. The molecular formula is C11H12F3N. The molecule has 0 fully saturated rings. The summed E-state index contributed by atoms with van der Waals surface area (Å²) in [4.78, 5) is 0. The van der Waals surface area contributed by atoms with Crippen molar-refractivity contribution < 1.29 is 13.2 Å². The molecule has 0 radical (unpaired) electrons. The van der Waals surface area contributed by atoms with Crippen LogP contribution in [0, 0.1) is 0 Å². The van der Waals surface area contributed by atoms with Gasteiger partial charge in [-0.25, -0.2) is 0 Å². The number of halogens is 3. The van der Waals surface area contributed by atoms with Crippen molar-refractivity contribution in [1.29, 1.82) is 0 Å². The van der Waals surface area contributed by atoms with Crippen molar-refractivity contribution in [3.05, 3.63) is 42.5 Å². The van der Waals surface area contributed by atoms with E-state index in [2.05, 4.69) is 11.9 Å². The maximum absolute atomic E-state index is 12.3. The zero-order valence-electron chi connectivity index (χ0n) is 8.14. The van der Waals surface area contributed by atoms with E-state index in [1.165, 1.54) is 6.07 Å². The van der Waals surface area contributed by atoms with Gasteiger partial charge in [0.2, 0.25) is 0 Å². The predicted octanol–water partition coefficient (Wildman–Crippen LogP) is 3.69. The van der Waals surface area contributed by atoms with Gasteiger partial charge in [-0.05, 0) is 24.6 Å². The van der Waals surface area contributed by atoms with Gasteiger partial charge in [-0.15, -0.1) is 6.58 Å². The van der Waals surface area contributed by atoms with Gasteiger partial charge in [-0.2, -0.15) is 13.2 Å². The largest absolute Gasteiger partial charge is 0.416 e. The van der Waals surface area contributed by atoms with Crippen LogP contribution in [0.3, 0.4) is 0 Å². The first-order valence-electron chi connectivity index (χ1n) is 4.56. The van der Waals surface area contributed by atoms with Gasteiger partial charge in [-0.1, -0.05) is 12.1 Å². The van der Waals surface area contributed by atoms with Crippen LogP contribution in [0.1, 0.15) is 12.0 Å². The van der Waals surface area contributed by atoms with Crippen molar-refractivity contribution >= 4 is 5.69 Å². The highest BCUT2D eigenvalue weighted by atomic mass is 19.4. The summed E-state index contributed by atoms with van der Waals surface area (Å²) in [7, 11) is 0. The molecule has 0 bridgehead atoms. The minimum Gasteiger partial charge on any atom is -0.385 e. The van der Waals surface area contributed by atoms with Crippen molar-refractivity contribution in [2.75, 3.05) is 11.9 Å². The van der Waals surface area contributed by atoms with Crippen LogP contribution in [-0.4, -0.2) is 6.54 Å². The summed E-state index contributed by atoms with van der Waals surface area (Å²) in [5.41, 5.74) is -0.155. The molecule has 0 unspecified atom stereocenters. The molecule has 15 heavy (non-hydrogen) atoms. The lowest BCUT2D eigenvalue weighted by Crippen LogP contribution is -2.06. The second-order valence-electron chi connectivity index (χ2n) is 3.08. The molecule has 0 amide bonds. The molecule has 0 spiro atoms. The van der Waals surface area contributed by atoms with Crippen LogP contribution in [0.4, 0.5) is 18.9 Å². The minimum atomic E-state index is -4.28. The van der Waals surface area contributed by atoms with Crippen LogP contribution in [0.25, 0.3) is 0 Å². The van der Waals surface area contributed by atoms with Crippen molar-refractivity contribution in [1.82, 2.24) is 0 Å². The Morgan fingerprint density at radius 3 is 2.67 bits per heavy atom. The number of rotatable bonds is 4. The fraction of sp³-hybridized carbons (Fsp3) is 0.273. The van der Waals surface area contributed by atoms with Crippen molar-refractivity contribution in [3.8, 4) is 0 Å². The number of hydrogen-bond donors (Lipinski definition) is 1. The number of anilines is 1. The minimum absolute atomic E-state index is 0.478. The fourth-order valence-corrected chi connectivity index (χ4v) is 1.12. The Morgan fingerprint density at radius 1 is 1.33 bits per heavy atom. The van der Waals surface area contributed by atoms with E-state index < -0.39 is 11.7 Å². The molecule has 0 saturated carbocycles. The van der Waals surface area contributed by atoms with Gasteiger partial charge in [0.05, 0.1) is 5.56 Å². The monoisotopic (exact) mass is 215 g/mol. The Hall–Kier alpha value is -1.45. The van der Waals surface area contributed by atoms with E-state index in [0.717, 1.165) is 18.6 Å². The molecular weight excluding hydrogens is 203 g/mol. The van der Waals surface area contributed by atoms with Gasteiger partial charge >= 0.3 is 6.18 Å². The molecule has 1 aromatic carbocycles. The topological polar surface area (TPSA) is 12.0 Å². The summed E-state index contributed by atoms with van der Waals surface area (Å²) in [6, 6.07) is 5.15. The first-order chi connectivity index (χ1) is 7.04. The molecule has 82 valence electrons. The van der Waals surface area contributed by atoms with Gasteiger partial charge < -0.3 is 5.32 Å². The molecule has 4 heteroatoms. The van der Waals surface area contributed by atoms with E-state index in [0.29, 0.717) is 12.2 Å². The Morgan fingerprint density at radius 2 is 2.07 bits per heavy atom. The molecule has 1 rings (SSSR count).